The Bertz CT molecular complexity index is 349. The van der Waals surface area contributed by atoms with Crippen LogP contribution in [0.2, 0.25) is 0 Å². The van der Waals surface area contributed by atoms with Gasteiger partial charge in [0.25, 0.3) is 0 Å². The van der Waals surface area contributed by atoms with Crippen molar-refractivity contribution >= 4 is 23.6 Å². The third-order valence-electron chi connectivity index (χ3n) is 3.86. The Morgan fingerprint density at radius 2 is 1.81 bits per heavy atom. The maximum atomic E-state index is 10.3. The summed E-state index contributed by atoms with van der Waals surface area (Å²) >= 11 is 0. The Balaban J connectivity index is 1.81. The van der Waals surface area contributed by atoms with Crippen molar-refractivity contribution in [3.8, 4) is 0 Å². The van der Waals surface area contributed by atoms with Gasteiger partial charge in [-0.15, -0.1) is 0 Å². The topological polar surface area (TPSA) is 97.6 Å². The van der Waals surface area contributed by atoms with Crippen LogP contribution in [0.1, 0.15) is 12.8 Å². The molecule has 122 valence electrons. The van der Waals surface area contributed by atoms with Gasteiger partial charge in [0.15, 0.2) is 0 Å². The summed E-state index contributed by atoms with van der Waals surface area (Å²) in [5.74, 6) is 0. The van der Waals surface area contributed by atoms with Gasteiger partial charge in [-0.1, -0.05) is 0 Å². The van der Waals surface area contributed by atoms with Crippen LogP contribution in [-0.4, -0.2) is 87.1 Å². The van der Waals surface area contributed by atoms with Crippen molar-refractivity contribution in [1.82, 2.24) is 0 Å². The third-order valence-corrected chi connectivity index (χ3v) is 5.30. The minimum atomic E-state index is -3.36. The van der Waals surface area contributed by atoms with E-state index in [0.29, 0.717) is 12.8 Å². The Morgan fingerprint density at radius 3 is 2.38 bits per heavy atom. The summed E-state index contributed by atoms with van der Waals surface area (Å²) in [5.41, 5.74) is 0. The summed E-state index contributed by atoms with van der Waals surface area (Å²) < 4.78 is 22.1. The normalized spacial score (nSPS) is 41.5. The van der Waals surface area contributed by atoms with Gasteiger partial charge < -0.3 is 0 Å². The molecule has 2 aliphatic rings. The van der Waals surface area contributed by atoms with Gasteiger partial charge in [0.05, 0.1) is 0 Å². The average molecular weight is 322 g/mol. The van der Waals surface area contributed by atoms with E-state index in [9.17, 15) is 15.1 Å². The standard InChI is InChI=1S/C11H25B2O7P/c1-21(16,17-5-9-6(15)2-10(12)19-9)20-7-3-11(13)18-8(7)4-14/h6-11,14-16,21H,2-5,12-13H2,1H3. The molecule has 0 aromatic rings. The van der Waals surface area contributed by atoms with E-state index in [2.05, 4.69) is 0 Å². The molecule has 6 unspecified atom stereocenters. The molecule has 6 atom stereocenters. The first-order valence-corrected chi connectivity index (χ1v) is 9.71. The molecule has 10 heteroatoms. The number of hydrogen-bond donors (Lipinski definition) is 3. The third kappa shape index (κ3) is 4.88. The SMILES string of the molecule is BC1CC(O)C(CO[PH](C)(O)OC2CC(B)OC2CO)O1. The number of aliphatic hydroxyl groups excluding tert-OH is 2. The molecule has 0 spiro atoms. The van der Waals surface area contributed by atoms with Crippen LogP contribution in [-0.2, 0) is 18.5 Å². The van der Waals surface area contributed by atoms with Gasteiger partial charge in [-0.05, 0) is 0 Å². The Kier molecular flexibility index (Phi) is 6.07. The molecule has 3 N–H and O–H groups in total. The first kappa shape index (κ1) is 17.6. The number of rotatable bonds is 6. The molecule has 2 rings (SSSR count). The number of ether oxygens (including phenoxy) is 2. The maximum absolute atomic E-state index is 10.3. The monoisotopic (exact) mass is 322 g/mol. The molecule has 0 aromatic heterocycles. The van der Waals surface area contributed by atoms with Crippen LogP contribution in [0, 0.1) is 0 Å². The molecule has 0 bridgehead atoms. The molecule has 2 saturated heterocycles. The van der Waals surface area contributed by atoms with Crippen molar-refractivity contribution in [2.45, 2.75) is 49.3 Å². The molecule has 2 heterocycles. The molecule has 7 nitrogen and oxygen atoms in total. The molecular formula is C11H25B2O7P. The summed E-state index contributed by atoms with van der Waals surface area (Å²) in [7, 11) is 0.426. The van der Waals surface area contributed by atoms with Crippen molar-refractivity contribution in [2.24, 2.45) is 0 Å². The van der Waals surface area contributed by atoms with Crippen LogP contribution in [0.4, 0.5) is 0 Å². The van der Waals surface area contributed by atoms with Gasteiger partial charge in [-0.2, -0.15) is 0 Å². The number of aliphatic hydroxyl groups is 2. The van der Waals surface area contributed by atoms with Crippen LogP contribution in [0.3, 0.4) is 0 Å². The summed E-state index contributed by atoms with van der Waals surface area (Å²) in [5, 5.41) is 19.0. The first-order valence-electron chi connectivity index (χ1n) is 7.44. The van der Waals surface area contributed by atoms with E-state index in [4.69, 9.17) is 18.5 Å². The van der Waals surface area contributed by atoms with Crippen LogP contribution >= 0.6 is 7.94 Å². The zero-order valence-corrected chi connectivity index (χ0v) is 13.8. The second-order valence-corrected chi connectivity index (χ2v) is 8.38. The van der Waals surface area contributed by atoms with E-state index in [1.165, 1.54) is 6.66 Å². The van der Waals surface area contributed by atoms with E-state index in [1.807, 2.05) is 15.7 Å². The van der Waals surface area contributed by atoms with Crippen molar-refractivity contribution < 1.29 is 33.6 Å². The molecule has 21 heavy (non-hydrogen) atoms. The van der Waals surface area contributed by atoms with E-state index >= 15 is 0 Å². The van der Waals surface area contributed by atoms with Crippen LogP contribution in [0.5, 0.6) is 0 Å². The summed E-state index contributed by atoms with van der Waals surface area (Å²) in [6.07, 6.45) is -0.646. The van der Waals surface area contributed by atoms with Crippen LogP contribution in [0.15, 0.2) is 0 Å². The number of hydrogen-bond acceptors (Lipinski definition) is 7. The van der Waals surface area contributed by atoms with Gasteiger partial charge in [0.1, 0.15) is 0 Å². The molecule has 2 aliphatic heterocycles. The fourth-order valence-corrected chi connectivity index (χ4v) is 4.19. The van der Waals surface area contributed by atoms with Gasteiger partial charge in [0.2, 0.25) is 0 Å². The molecule has 2 fully saturated rings. The van der Waals surface area contributed by atoms with Gasteiger partial charge >= 0.3 is 126 Å². The molecule has 0 aromatic carbocycles. The van der Waals surface area contributed by atoms with Gasteiger partial charge in [0, 0.05) is 0 Å². The molecule has 0 saturated carbocycles. The first-order chi connectivity index (χ1) is 9.80. The van der Waals surface area contributed by atoms with Crippen LogP contribution in [0.25, 0.3) is 0 Å². The Morgan fingerprint density at radius 1 is 1.19 bits per heavy atom. The Labute approximate surface area is 127 Å². The fourth-order valence-electron chi connectivity index (χ4n) is 2.84. The van der Waals surface area contributed by atoms with Gasteiger partial charge in [-0.25, -0.2) is 0 Å². The van der Waals surface area contributed by atoms with E-state index in [0.717, 1.165) is 0 Å². The van der Waals surface area contributed by atoms with Crippen molar-refractivity contribution in [3.63, 3.8) is 0 Å². The van der Waals surface area contributed by atoms with Crippen LogP contribution < -0.4 is 0 Å². The predicted molar refractivity (Wildman–Crippen MR) is 84.0 cm³/mol. The quantitative estimate of drug-likeness (QED) is 0.363. The molecule has 0 amide bonds. The zero-order chi connectivity index (χ0) is 15.6. The molecule has 0 aliphatic carbocycles. The van der Waals surface area contributed by atoms with E-state index in [-0.39, 0.29) is 31.3 Å². The molecule has 0 radical (unpaired) electrons. The van der Waals surface area contributed by atoms with Crippen molar-refractivity contribution in [2.75, 3.05) is 19.9 Å². The Hall–Kier alpha value is 0.280. The van der Waals surface area contributed by atoms with Crippen molar-refractivity contribution in [1.29, 1.82) is 0 Å². The average Bonchev–Trinajstić information content (AvgIpc) is 2.88. The summed E-state index contributed by atoms with van der Waals surface area (Å²) in [6.45, 7) is 1.47. The van der Waals surface area contributed by atoms with E-state index < -0.39 is 26.3 Å². The van der Waals surface area contributed by atoms with Crippen molar-refractivity contribution in [3.05, 3.63) is 0 Å². The van der Waals surface area contributed by atoms with Gasteiger partial charge in [-0.3, -0.25) is 0 Å². The summed E-state index contributed by atoms with van der Waals surface area (Å²) in [4.78, 5) is 10.3. The second-order valence-electron chi connectivity index (χ2n) is 6.06. The summed E-state index contributed by atoms with van der Waals surface area (Å²) in [6, 6.07) is -0.0261. The minimum absolute atomic E-state index is 0.0102. The zero-order valence-electron chi connectivity index (χ0n) is 12.8. The second kappa shape index (κ2) is 7.23. The molecular weight excluding hydrogens is 297 g/mol. The fraction of sp³-hybridized carbons (Fsp3) is 1.00. The van der Waals surface area contributed by atoms with E-state index in [1.54, 1.807) is 0 Å². The predicted octanol–water partition coefficient (Wildman–Crippen LogP) is -2.65.